The maximum atomic E-state index is 12.8. The predicted octanol–water partition coefficient (Wildman–Crippen LogP) is 1.12. The van der Waals surface area contributed by atoms with Crippen LogP contribution in [-0.2, 0) is 4.79 Å². The lowest BCUT2D eigenvalue weighted by Crippen LogP contribution is -2.33. The number of benzene rings is 1. The van der Waals surface area contributed by atoms with Crippen LogP contribution in [0.4, 0.5) is 4.39 Å². The molecule has 17 heavy (non-hydrogen) atoms. The Balaban J connectivity index is 2.11. The van der Waals surface area contributed by atoms with Gasteiger partial charge in [-0.2, -0.15) is 4.99 Å². The summed E-state index contributed by atoms with van der Waals surface area (Å²) in [6.07, 6.45) is 1.68. The highest BCUT2D eigenvalue weighted by Crippen LogP contribution is 2.43. The lowest BCUT2D eigenvalue weighted by atomic mass is 9.69. The number of rotatable bonds is 2. The van der Waals surface area contributed by atoms with Gasteiger partial charge in [-0.05, 0) is 36.5 Å². The predicted molar refractivity (Wildman–Crippen MR) is 62.7 cm³/mol. The van der Waals surface area contributed by atoms with Gasteiger partial charge in [-0.1, -0.05) is 12.1 Å². The molecule has 2 atom stereocenters. The van der Waals surface area contributed by atoms with E-state index in [-0.39, 0.29) is 29.5 Å². The van der Waals surface area contributed by atoms with Crippen LogP contribution < -0.4 is 11.5 Å². The zero-order valence-electron chi connectivity index (χ0n) is 9.27. The van der Waals surface area contributed by atoms with Crippen LogP contribution in [0, 0.1) is 11.7 Å². The molecule has 1 amide bonds. The van der Waals surface area contributed by atoms with Crippen molar-refractivity contribution < 1.29 is 9.18 Å². The first-order chi connectivity index (χ1) is 8.08. The number of carbonyl (C=O) groups excluding carboxylic acids is 1. The van der Waals surface area contributed by atoms with Crippen molar-refractivity contribution in [3.63, 3.8) is 0 Å². The molecule has 0 saturated heterocycles. The summed E-state index contributed by atoms with van der Waals surface area (Å²) in [7, 11) is 0. The molecule has 1 aromatic rings. The fourth-order valence-corrected chi connectivity index (χ4v) is 2.11. The molecule has 1 aromatic carbocycles. The van der Waals surface area contributed by atoms with Crippen molar-refractivity contribution in [1.82, 2.24) is 0 Å². The number of hydrogen-bond acceptors (Lipinski definition) is 1. The molecule has 0 aromatic heterocycles. The molecule has 90 valence electrons. The molecule has 0 radical (unpaired) electrons. The van der Waals surface area contributed by atoms with Crippen LogP contribution in [0.5, 0.6) is 0 Å². The summed E-state index contributed by atoms with van der Waals surface area (Å²) in [6, 6.07) is 6.20. The minimum Gasteiger partial charge on any atom is -0.370 e. The lowest BCUT2D eigenvalue weighted by molar-refractivity contribution is -0.124. The average molecular weight is 235 g/mol. The Morgan fingerprint density at radius 3 is 2.35 bits per heavy atom. The van der Waals surface area contributed by atoms with Gasteiger partial charge < -0.3 is 11.5 Å². The summed E-state index contributed by atoms with van der Waals surface area (Å²) < 4.78 is 12.8. The maximum Gasteiger partial charge on any atom is 0.252 e. The summed E-state index contributed by atoms with van der Waals surface area (Å²) >= 11 is 0. The summed E-state index contributed by atoms with van der Waals surface area (Å²) in [5.74, 6) is -0.848. The molecule has 0 bridgehead atoms. The Morgan fingerprint density at radius 1 is 1.24 bits per heavy atom. The summed E-state index contributed by atoms with van der Waals surface area (Å²) in [5, 5.41) is 0. The third-order valence-electron chi connectivity index (χ3n) is 3.13. The SMILES string of the molecule is NC(N)=NC(=O)C1CCC1c1ccc(F)cc1. The molecule has 1 aliphatic rings. The van der Waals surface area contributed by atoms with Gasteiger partial charge in [0, 0.05) is 5.92 Å². The van der Waals surface area contributed by atoms with Crippen LogP contribution in [-0.4, -0.2) is 11.9 Å². The number of aliphatic imine (C=N–C) groups is 1. The van der Waals surface area contributed by atoms with E-state index in [0.29, 0.717) is 0 Å². The lowest BCUT2D eigenvalue weighted by Gasteiger charge is -2.34. The zero-order valence-corrected chi connectivity index (χ0v) is 9.27. The van der Waals surface area contributed by atoms with E-state index in [9.17, 15) is 9.18 Å². The van der Waals surface area contributed by atoms with Crippen molar-refractivity contribution in [2.45, 2.75) is 18.8 Å². The quantitative estimate of drug-likeness (QED) is 0.595. The number of nitrogens with two attached hydrogens (primary N) is 2. The number of nitrogens with zero attached hydrogens (tertiary/aromatic N) is 1. The van der Waals surface area contributed by atoms with Crippen LogP contribution in [0.2, 0.25) is 0 Å². The van der Waals surface area contributed by atoms with Gasteiger partial charge in [0.15, 0.2) is 5.96 Å². The Hall–Kier alpha value is -1.91. The van der Waals surface area contributed by atoms with Crippen LogP contribution in [0.3, 0.4) is 0 Å². The van der Waals surface area contributed by atoms with E-state index < -0.39 is 0 Å². The van der Waals surface area contributed by atoms with Crippen molar-refractivity contribution in [2.75, 3.05) is 0 Å². The highest BCUT2D eigenvalue weighted by molar-refractivity contribution is 5.93. The van der Waals surface area contributed by atoms with Crippen molar-refractivity contribution >= 4 is 11.9 Å². The first kappa shape index (κ1) is 11.6. The first-order valence-electron chi connectivity index (χ1n) is 5.47. The van der Waals surface area contributed by atoms with Gasteiger partial charge in [0.2, 0.25) is 0 Å². The number of guanidine groups is 1. The molecule has 5 heteroatoms. The van der Waals surface area contributed by atoms with Gasteiger partial charge in [-0.25, -0.2) is 4.39 Å². The number of carbonyl (C=O) groups is 1. The van der Waals surface area contributed by atoms with Crippen LogP contribution in [0.15, 0.2) is 29.3 Å². The Bertz CT molecular complexity index is 451. The normalized spacial score (nSPS) is 22.6. The molecule has 4 nitrogen and oxygen atoms in total. The van der Waals surface area contributed by atoms with Crippen LogP contribution in [0.1, 0.15) is 24.3 Å². The summed E-state index contributed by atoms with van der Waals surface area (Å²) in [6.45, 7) is 0. The minimum atomic E-state index is -0.287. The van der Waals surface area contributed by atoms with E-state index in [1.165, 1.54) is 12.1 Å². The van der Waals surface area contributed by atoms with E-state index >= 15 is 0 Å². The third-order valence-corrected chi connectivity index (χ3v) is 3.13. The van der Waals surface area contributed by atoms with E-state index in [0.717, 1.165) is 18.4 Å². The van der Waals surface area contributed by atoms with Crippen molar-refractivity contribution in [3.8, 4) is 0 Å². The highest BCUT2D eigenvalue weighted by atomic mass is 19.1. The van der Waals surface area contributed by atoms with E-state index in [1.807, 2.05) is 0 Å². The Kier molecular flexibility index (Phi) is 3.08. The molecular weight excluding hydrogens is 221 g/mol. The molecular formula is C12H14FN3O. The van der Waals surface area contributed by atoms with Gasteiger partial charge in [-0.15, -0.1) is 0 Å². The second-order valence-electron chi connectivity index (χ2n) is 4.22. The Morgan fingerprint density at radius 2 is 1.88 bits per heavy atom. The second-order valence-corrected chi connectivity index (χ2v) is 4.22. The molecule has 2 rings (SSSR count). The van der Waals surface area contributed by atoms with Gasteiger partial charge in [0.25, 0.3) is 5.91 Å². The largest absolute Gasteiger partial charge is 0.370 e. The smallest absolute Gasteiger partial charge is 0.252 e. The van der Waals surface area contributed by atoms with Gasteiger partial charge >= 0.3 is 0 Å². The molecule has 0 spiro atoms. The van der Waals surface area contributed by atoms with Gasteiger partial charge in [0.05, 0.1) is 0 Å². The molecule has 1 saturated carbocycles. The number of hydrogen-bond donors (Lipinski definition) is 2. The van der Waals surface area contributed by atoms with Crippen LogP contribution >= 0.6 is 0 Å². The molecule has 1 aliphatic carbocycles. The highest BCUT2D eigenvalue weighted by Gasteiger charge is 2.37. The average Bonchev–Trinajstić information content (AvgIpc) is 2.18. The van der Waals surface area contributed by atoms with Crippen molar-refractivity contribution in [3.05, 3.63) is 35.6 Å². The van der Waals surface area contributed by atoms with Crippen molar-refractivity contribution in [2.24, 2.45) is 22.4 Å². The number of halogens is 1. The fraction of sp³-hybridized carbons (Fsp3) is 0.333. The van der Waals surface area contributed by atoms with E-state index in [2.05, 4.69) is 4.99 Å². The second kappa shape index (κ2) is 4.53. The molecule has 4 N–H and O–H groups in total. The molecule has 2 unspecified atom stereocenters. The topological polar surface area (TPSA) is 81.5 Å². The Labute approximate surface area is 98.5 Å². The maximum absolute atomic E-state index is 12.8. The molecule has 0 aliphatic heterocycles. The number of amides is 1. The van der Waals surface area contributed by atoms with Gasteiger partial charge in [0.1, 0.15) is 5.82 Å². The molecule has 0 heterocycles. The third kappa shape index (κ3) is 2.43. The van der Waals surface area contributed by atoms with E-state index in [4.69, 9.17) is 11.5 Å². The summed E-state index contributed by atoms with van der Waals surface area (Å²) in [4.78, 5) is 15.2. The van der Waals surface area contributed by atoms with Crippen molar-refractivity contribution in [1.29, 1.82) is 0 Å². The zero-order chi connectivity index (χ0) is 12.4. The van der Waals surface area contributed by atoms with E-state index in [1.54, 1.807) is 12.1 Å². The van der Waals surface area contributed by atoms with Crippen LogP contribution in [0.25, 0.3) is 0 Å². The molecule has 1 fully saturated rings. The monoisotopic (exact) mass is 235 g/mol. The minimum absolute atomic E-state index is 0.103. The first-order valence-corrected chi connectivity index (χ1v) is 5.47. The van der Waals surface area contributed by atoms with Gasteiger partial charge in [-0.3, -0.25) is 4.79 Å². The fourth-order valence-electron chi connectivity index (χ4n) is 2.11. The summed E-state index contributed by atoms with van der Waals surface area (Å²) in [5.41, 5.74) is 11.3. The standard InChI is InChI=1S/C12H14FN3O/c13-8-3-1-7(2-4-8)9-5-6-10(9)11(17)16-12(14)15/h1-4,9-10H,5-6H2,(H4,14,15,16,17).